The van der Waals surface area contributed by atoms with E-state index in [0.29, 0.717) is 0 Å². The normalized spacial score (nSPS) is 10.2. The highest BCUT2D eigenvalue weighted by Gasteiger charge is 2.06. The van der Waals surface area contributed by atoms with Crippen molar-refractivity contribution in [1.29, 1.82) is 0 Å². The molecule has 0 spiro atoms. The molecule has 118 valence electrons. The first kappa shape index (κ1) is 17.2. The van der Waals surface area contributed by atoms with Crippen LogP contribution in [0.3, 0.4) is 0 Å². The van der Waals surface area contributed by atoms with Crippen LogP contribution in [0.15, 0.2) is 53.0 Å². The molecular formula is C17H14BrClN2O2. The van der Waals surface area contributed by atoms with Crippen molar-refractivity contribution in [2.45, 2.75) is 6.92 Å². The molecule has 0 unspecified atom stereocenters. The first-order valence-electron chi connectivity index (χ1n) is 6.70. The van der Waals surface area contributed by atoms with Gasteiger partial charge in [-0.2, -0.15) is 0 Å². The lowest BCUT2D eigenvalue weighted by Crippen LogP contribution is -1.98. The largest absolute Gasteiger partial charge is 0.478 e. The van der Waals surface area contributed by atoms with Crippen LogP contribution in [-0.2, 0) is 0 Å². The number of rotatable bonds is 3. The maximum atomic E-state index is 10.9. The molecule has 6 heteroatoms. The second-order valence-corrected chi connectivity index (χ2v) is 5.90. The van der Waals surface area contributed by atoms with Gasteiger partial charge in [-0.15, -0.1) is 12.4 Å². The number of aryl methyl sites for hydroxylation is 1. The van der Waals surface area contributed by atoms with Gasteiger partial charge >= 0.3 is 5.97 Å². The summed E-state index contributed by atoms with van der Waals surface area (Å²) in [4.78, 5) is 15.4. The Hall–Kier alpha value is -2.11. The molecule has 2 aromatic carbocycles. The Bertz CT molecular complexity index is 866. The van der Waals surface area contributed by atoms with E-state index < -0.39 is 5.97 Å². The lowest BCUT2D eigenvalue weighted by Gasteiger charge is -2.11. The van der Waals surface area contributed by atoms with E-state index in [1.165, 1.54) is 0 Å². The van der Waals surface area contributed by atoms with Crippen LogP contribution in [0, 0.1) is 6.92 Å². The van der Waals surface area contributed by atoms with Crippen molar-refractivity contribution in [3.8, 4) is 0 Å². The van der Waals surface area contributed by atoms with Gasteiger partial charge in [0, 0.05) is 26.9 Å². The molecule has 0 aliphatic rings. The van der Waals surface area contributed by atoms with E-state index in [1.54, 1.807) is 24.3 Å². The minimum Gasteiger partial charge on any atom is -0.478 e. The maximum Gasteiger partial charge on any atom is 0.335 e. The number of carboxylic acid groups (broad SMARTS) is 1. The molecular weight excluding hydrogens is 380 g/mol. The fourth-order valence-corrected chi connectivity index (χ4v) is 2.65. The van der Waals surface area contributed by atoms with E-state index >= 15 is 0 Å². The smallest absolute Gasteiger partial charge is 0.335 e. The summed E-state index contributed by atoms with van der Waals surface area (Å²) in [7, 11) is 0. The van der Waals surface area contributed by atoms with Gasteiger partial charge in [0.1, 0.15) is 0 Å². The molecule has 0 saturated carbocycles. The predicted molar refractivity (Wildman–Crippen MR) is 98.1 cm³/mol. The summed E-state index contributed by atoms with van der Waals surface area (Å²) in [5.41, 5.74) is 3.86. The van der Waals surface area contributed by atoms with E-state index in [-0.39, 0.29) is 18.0 Å². The Morgan fingerprint density at radius 2 is 1.83 bits per heavy atom. The second kappa shape index (κ2) is 6.98. The molecule has 1 aromatic heterocycles. The molecule has 0 amide bonds. The number of aromatic nitrogens is 1. The molecule has 0 aliphatic heterocycles. The third kappa shape index (κ3) is 3.81. The zero-order valence-electron chi connectivity index (χ0n) is 12.2. The van der Waals surface area contributed by atoms with Gasteiger partial charge in [0.25, 0.3) is 0 Å². The van der Waals surface area contributed by atoms with E-state index in [9.17, 15) is 4.79 Å². The summed E-state index contributed by atoms with van der Waals surface area (Å²) in [5.74, 6) is -0.930. The van der Waals surface area contributed by atoms with Crippen LogP contribution >= 0.6 is 28.3 Å². The zero-order chi connectivity index (χ0) is 15.7. The Labute approximate surface area is 148 Å². The molecule has 3 rings (SSSR count). The van der Waals surface area contributed by atoms with Crippen LogP contribution in [-0.4, -0.2) is 16.1 Å². The molecule has 23 heavy (non-hydrogen) atoms. The number of aromatic carboxylic acids is 1. The molecule has 0 saturated heterocycles. The molecule has 0 bridgehead atoms. The lowest BCUT2D eigenvalue weighted by molar-refractivity contribution is 0.0697. The lowest BCUT2D eigenvalue weighted by atomic mass is 10.1. The van der Waals surface area contributed by atoms with Crippen LogP contribution in [0.1, 0.15) is 16.1 Å². The van der Waals surface area contributed by atoms with Crippen molar-refractivity contribution in [2.75, 3.05) is 5.32 Å². The van der Waals surface area contributed by atoms with Gasteiger partial charge in [-0.1, -0.05) is 15.9 Å². The van der Waals surface area contributed by atoms with Gasteiger partial charge in [0.05, 0.1) is 11.1 Å². The van der Waals surface area contributed by atoms with Gasteiger partial charge in [-0.05, 0) is 55.5 Å². The van der Waals surface area contributed by atoms with Crippen LogP contribution in [0.25, 0.3) is 10.9 Å². The third-order valence-corrected chi connectivity index (χ3v) is 3.80. The maximum absolute atomic E-state index is 10.9. The quantitative estimate of drug-likeness (QED) is 0.644. The highest BCUT2D eigenvalue weighted by molar-refractivity contribution is 9.10. The number of hydrogen-bond acceptors (Lipinski definition) is 3. The molecule has 0 atom stereocenters. The summed E-state index contributed by atoms with van der Waals surface area (Å²) in [6.07, 6.45) is 0. The summed E-state index contributed by atoms with van der Waals surface area (Å²) in [6, 6.07) is 14.6. The minimum absolute atomic E-state index is 0. The highest BCUT2D eigenvalue weighted by Crippen LogP contribution is 2.29. The average Bonchev–Trinajstić information content (AvgIpc) is 2.48. The topological polar surface area (TPSA) is 62.2 Å². The van der Waals surface area contributed by atoms with E-state index in [1.807, 2.05) is 31.2 Å². The summed E-state index contributed by atoms with van der Waals surface area (Å²) in [5, 5.41) is 13.3. The Morgan fingerprint density at radius 3 is 2.48 bits per heavy atom. The van der Waals surface area contributed by atoms with Gasteiger partial charge in [0.2, 0.25) is 0 Å². The standard InChI is InChI=1S/C17H13BrN2O2.ClH/c1-10-8-16(14-9-12(18)4-7-15(14)19-10)20-13-5-2-11(3-6-13)17(21)22;/h2-9H,1H3,(H,19,20)(H,21,22);1H. The van der Waals surface area contributed by atoms with Crippen LogP contribution in [0.5, 0.6) is 0 Å². The molecule has 0 radical (unpaired) electrons. The number of nitrogens with one attached hydrogen (secondary N) is 1. The van der Waals surface area contributed by atoms with Gasteiger partial charge in [0.15, 0.2) is 0 Å². The Morgan fingerprint density at radius 1 is 1.13 bits per heavy atom. The number of pyridine rings is 1. The highest BCUT2D eigenvalue weighted by atomic mass is 79.9. The molecule has 2 N–H and O–H groups in total. The SMILES string of the molecule is Cc1cc(Nc2ccc(C(=O)O)cc2)c2cc(Br)ccc2n1.Cl. The Balaban J connectivity index is 0.00000192. The zero-order valence-corrected chi connectivity index (χ0v) is 14.6. The molecule has 3 aromatic rings. The number of hydrogen-bond donors (Lipinski definition) is 2. The van der Waals surface area contributed by atoms with E-state index in [0.717, 1.165) is 32.4 Å². The summed E-state index contributed by atoms with van der Waals surface area (Å²) in [6.45, 7) is 1.94. The van der Waals surface area contributed by atoms with E-state index in [2.05, 4.69) is 26.2 Å². The number of benzene rings is 2. The summed E-state index contributed by atoms with van der Waals surface area (Å²) >= 11 is 3.48. The van der Waals surface area contributed by atoms with E-state index in [4.69, 9.17) is 5.11 Å². The van der Waals surface area contributed by atoms with Crippen molar-refractivity contribution >= 4 is 56.6 Å². The Kier molecular flexibility index (Phi) is 5.23. The van der Waals surface area contributed by atoms with Gasteiger partial charge < -0.3 is 10.4 Å². The molecule has 0 aliphatic carbocycles. The first-order chi connectivity index (χ1) is 10.5. The van der Waals surface area contributed by atoms with Crippen LogP contribution in [0.2, 0.25) is 0 Å². The fourth-order valence-electron chi connectivity index (χ4n) is 2.29. The van der Waals surface area contributed by atoms with Gasteiger partial charge in [-0.25, -0.2) is 4.79 Å². The number of carbonyl (C=O) groups is 1. The third-order valence-electron chi connectivity index (χ3n) is 3.31. The molecule has 4 nitrogen and oxygen atoms in total. The van der Waals surface area contributed by atoms with Crippen LogP contribution in [0.4, 0.5) is 11.4 Å². The number of carboxylic acids is 1. The monoisotopic (exact) mass is 392 g/mol. The second-order valence-electron chi connectivity index (χ2n) is 4.98. The molecule has 1 heterocycles. The van der Waals surface area contributed by atoms with Crippen molar-refractivity contribution in [3.63, 3.8) is 0 Å². The number of halogens is 2. The average molecular weight is 394 g/mol. The van der Waals surface area contributed by atoms with Gasteiger partial charge in [-0.3, -0.25) is 4.98 Å². The fraction of sp³-hybridized carbons (Fsp3) is 0.0588. The van der Waals surface area contributed by atoms with Crippen molar-refractivity contribution < 1.29 is 9.90 Å². The van der Waals surface area contributed by atoms with Crippen molar-refractivity contribution in [1.82, 2.24) is 4.98 Å². The predicted octanol–water partition coefficient (Wildman–Crippen LogP) is 5.17. The number of anilines is 2. The summed E-state index contributed by atoms with van der Waals surface area (Å²) < 4.78 is 0.981. The number of nitrogens with zero attached hydrogens (tertiary/aromatic N) is 1. The number of fused-ring (bicyclic) bond motifs is 1. The minimum atomic E-state index is -0.930. The van der Waals surface area contributed by atoms with Crippen molar-refractivity contribution in [3.05, 3.63) is 64.3 Å². The first-order valence-corrected chi connectivity index (χ1v) is 7.49. The van der Waals surface area contributed by atoms with Crippen LogP contribution < -0.4 is 5.32 Å². The van der Waals surface area contributed by atoms with Crippen molar-refractivity contribution in [2.24, 2.45) is 0 Å². The molecule has 0 fully saturated rings.